The molecule has 1 heterocycles. The molecule has 0 aliphatic rings. The third-order valence-electron chi connectivity index (χ3n) is 1.03. The molecule has 0 bridgehead atoms. The Kier molecular flexibility index (Phi) is 1.86. The summed E-state index contributed by atoms with van der Waals surface area (Å²) in [4.78, 5) is 15.6. The maximum absolute atomic E-state index is 10.7. The molecule has 5 heteroatoms. The van der Waals surface area contributed by atoms with Gasteiger partial charge < -0.3 is 5.32 Å². The highest BCUT2D eigenvalue weighted by Gasteiger charge is 1.87. The number of anilines is 1. The summed E-state index contributed by atoms with van der Waals surface area (Å²) in [6, 6.07) is 1.64. The first-order valence-corrected chi connectivity index (χ1v) is 3.14. The number of hydrogen-bond donors (Lipinski definition) is 3. The molecular weight excluding hydrogens is 150 g/mol. The third-order valence-corrected chi connectivity index (χ3v) is 1.25. The van der Waals surface area contributed by atoms with Crippen molar-refractivity contribution in [2.75, 3.05) is 12.4 Å². The van der Waals surface area contributed by atoms with Crippen molar-refractivity contribution < 1.29 is 0 Å². The number of aromatic amines is 2. The van der Waals surface area contributed by atoms with Gasteiger partial charge in [-0.3, -0.25) is 9.97 Å². The molecule has 54 valence electrons. The van der Waals surface area contributed by atoms with Crippen LogP contribution in [0.25, 0.3) is 0 Å². The van der Waals surface area contributed by atoms with E-state index in [1.165, 1.54) is 0 Å². The molecule has 0 fully saturated rings. The van der Waals surface area contributed by atoms with E-state index in [0.717, 1.165) is 0 Å². The lowest BCUT2D eigenvalue weighted by Crippen LogP contribution is -2.11. The second-order valence-electron chi connectivity index (χ2n) is 1.75. The Morgan fingerprint density at radius 1 is 1.60 bits per heavy atom. The normalized spacial score (nSPS) is 9.30. The van der Waals surface area contributed by atoms with Crippen molar-refractivity contribution in [1.82, 2.24) is 9.97 Å². The van der Waals surface area contributed by atoms with Crippen LogP contribution >= 0.6 is 12.2 Å². The predicted octanol–water partition coefficient (Wildman–Crippen LogP) is 0.474. The minimum absolute atomic E-state index is 0.295. The summed E-state index contributed by atoms with van der Waals surface area (Å²) in [6.07, 6.45) is 0. The standard InChI is InChI=1S/C5H7N3OS/c1-6-3-2-4(10)8-5(9)7-3/h2H,1H3,(H3,6,7,8,9,10). The van der Waals surface area contributed by atoms with Gasteiger partial charge in [0.15, 0.2) is 0 Å². The lowest BCUT2D eigenvalue weighted by molar-refractivity contribution is 1.06. The predicted molar refractivity (Wildman–Crippen MR) is 41.8 cm³/mol. The molecule has 0 saturated carbocycles. The van der Waals surface area contributed by atoms with Gasteiger partial charge in [0.1, 0.15) is 10.5 Å². The van der Waals surface area contributed by atoms with Crippen molar-refractivity contribution in [3.05, 3.63) is 21.2 Å². The van der Waals surface area contributed by atoms with Gasteiger partial charge >= 0.3 is 5.69 Å². The maximum atomic E-state index is 10.7. The van der Waals surface area contributed by atoms with Gasteiger partial charge in [0.05, 0.1) is 0 Å². The van der Waals surface area contributed by atoms with Gasteiger partial charge in [0.25, 0.3) is 0 Å². The minimum Gasteiger partial charge on any atom is -0.375 e. The molecule has 1 aromatic rings. The molecule has 0 atom stereocenters. The van der Waals surface area contributed by atoms with E-state index in [9.17, 15) is 4.79 Å². The van der Waals surface area contributed by atoms with Crippen LogP contribution in [0.1, 0.15) is 0 Å². The van der Waals surface area contributed by atoms with Gasteiger partial charge in [-0.1, -0.05) is 12.2 Å². The number of nitrogens with one attached hydrogen (secondary N) is 3. The van der Waals surface area contributed by atoms with E-state index in [0.29, 0.717) is 10.5 Å². The Morgan fingerprint density at radius 2 is 2.30 bits per heavy atom. The summed E-state index contributed by atoms with van der Waals surface area (Å²) in [5.41, 5.74) is -0.295. The zero-order valence-corrected chi connectivity index (χ0v) is 6.21. The van der Waals surface area contributed by atoms with E-state index in [4.69, 9.17) is 12.2 Å². The average Bonchev–Trinajstić information content (AvgIpc) is 1.85. The molecule has 3 N–H and O–H groups in total. The summed E-state index contributed by atoms with van der Waals surface area (Å²) >= 11 is 4.74. The highest BCUT2D eigenvalue weighted by molar-refractivity contribution is 7.71. The first-order chi connectivity index (χ1) is 4.72. The fourth-order valence-electron chi connectivity index (χ4n) is 0.603. The highest BCUT2D eigenvalue weighted by Crippen LogP contribution is 1.93. The van der Waals surface area contributed by atoms with Gasteiger partial charge in [-0.25, -0.2) is 4.79 Å². The van der Waals surface area contributed by atoms with Crippen molar-refractivity contribution in [1.29, 1.82) is 0 Å². The fourth-order valence-corrected chi connectivity index (χ4v) is 0.814. The van der Waals surface area contributed by atoms with Crippen LogP contribution in [0.15, 0.2) is 10.9 Å². The molecule has 1 aromatic heterocycles. The van der Waals surface area contributed by atoms with E-state index in [1.54, 1.807) is 13.1 Å². The Hall–Kier alpha value is -1.10. The molecular formula is C5H7N3OS. The Bertz CT molecular complexity index is 298. The average molecular weight is 157 g/mol. The fraction of sp³-hybridized carbons (Fsp3) is 0.200. The van der Waals surface area contributed by atoms with Crippen molar-refractivity contribution in [3.63, 3.8) is 0 Å². The molecule has 0 aliphatic carbocycles. The van der Waals surface area contributed by atoms with E-state index < -0.39 is 0 Å². The minimum atomic E-state index is -0.295. The van der Waals surface area contributed by atoms with Gasteiger partial charge in [-0.15, -0.1) is 0 Å². The van der Waals surface area contributed by atoms with E-state index in [2.05, 4.69) is 15.3 Å². The van der Waals surface area contributed by atoms with Crippen molar-refractivity contribution in [3.8, 4) is 0 Å². The topological polar surface area (TPSA) is 60.7 Å². The van der Waals surface area contributed by atoms with E-state index >= 15 is 0 Å². The second kappa shape index (κ2) is 2.66. The highest BCUT2D eigenvalue weighted by atomic mass is 32.1. The Balaban J connectivity index is 3.33. The van der Waals surface area contributed by atoms with Gasteiger partial charge in [0.2, 0.25) is 0 Å². The van der Waals surface area contributed by atoms with Crippen LogP contribution in [0, 0.1) is 4.64 Å². The summed E-state index contributed by atoms with van der Waals surface area (Å²) in [6.45, 7) is 0. The quantitative estimate of drug-likeness (QED) is 0.519. The van der Waals surface area contributed by atoms with Gasteiger partial charge in [-0.05, 0) is 0 Å². The summed E-state index contributed by atoms with van der Waals surface area (Å²) in [5.74, 6) is 0.619. The first-order valence-electron chi connectivity index (χ1n) is 2.74. The monoisotopic (exact) mass is 157 g/mol. The lowest BCUT2D eigenvalue weighted by Gasteiger charge is -1.95. The number of rotatable bonds is 1. The second-order valence-corrected chi connectivity index (χ2v) is 2.19. The molecule has 0 saturated heterocycles. The van der Waals surface area contributed by atoms with Crippen LogP contribution in [0.4, 0.5) is 5.82 Å². The number of aromatic nitrogens is 2. The molecule has 4 nitrogen and oxygen atoms in total. The molecule has 0 amide bonds. The zero-order chi connectivity index (χ0) is 7.56. The molecule has 0 aliphatic heterocycles. The first kappa shape index (κ1) is 7.01. The lowest BCUT2D eigenvalue weighted by atomic mass is 10.6. The smallest absolute Gasteiger partial charge is 0.325 e. The van der Waals surface area contributed by atoms with Crippen LogP contribution in [-0.2, 0) is 0 Å². The molecule has 0 radical (unpaired) electrons. The Labute approximate surface area is 62.3 Å². The van der Waals surface area contributed by atoms with Crippen LogP contribution in [0.2, 0.25) is 0 Å². The molecule has 10 heavy (non-hydrogen) atoms. The molecule has 0 spiro atoms. The third kappa shape index (κ3) is 1.44. The van der Waals surface area contributed by atoms with Crippen LogP contribution in [0.3, 0.4) is 0 Å². The summed E-state index contributed by atoms with van der Waals surface area (Å²) in [5, 5.41) is 2.77. The summed E-state index contributed by atoms with van der Waals surface area (Å²) in [7, 11) is 1.71. The van der Waals surface area contributed by atoms with Crippen molar-refractivity contribution >= 4 is 18.0 Å². The largest absolute Gasteiger partial charge is 0.375 e. The number of hydrogen-bond acceptors (Lipinski definition) is 3. The van der Waals surface area contributed by atoms with Crippen molar-refractivity contribution in [2.24, 2.45) is 0 Å². The van der Waals surface area contributed by atoms with Gasteiger partial charge in [-0.2, -0.15) is 0 Å². The van der Waals surface area contributed by atoms with E-state index in [1.807, 2.05) is 0 Å². The van der Waals surface area contributed by atoms with Crippen molar-refractivity contribution in [2.45, 2.75) is 0 Å². The van der Waals surface area contributed by atoms with Gasteiger partial charge in [0, 0.05) is 13.1 Å². The molecule has 0 aromatic carbocycles. The molecule has 0 unspecified atom stereocenters. The van der Waals surface area contributed by atoms with Crippen LogP contribution in [0.5, 0.6) is 0 Å². The van der Waals surface area contributed by atoms with E-state index in [-0.39, 0.29) is 5.69 Å². The molecule has 1 rings (SSSR count). The van der Waals surface area contributed by atoms with Crippen LogP contribution in [-0.4, -0.2) is 17.0 Å². The zero-order valence-electron chi connectivity index (χ0n) is 5.39. The maximum Gasteiger partial charge on any atom is 0.325 e. The number of H-pyrrole nitrogens is 2. The Morgan fingerprint density at radius 3 is 2.80 bits per heavy atom. The van der Waals surface area contributed by atoms with Crippen LogP contribution < -0.4 is 11.0 Å². The summed E-state index contributed by atoms with van der Waals surface area (Å²) < 4.78 is 0.424. The SMILES string of the molecule is CNc1cc(=S)[nH]c(=O)[nH]1.